The summed E-state index contributed by atoms with van der Waals surface area (Å²) in [5.41, 5.74) is 7.38. The standard InChI is InChI=1S/C16H24N2O/c1-15(2)14(16(15,3)4)18-13(19)12(17)10-11-8-6-5-7-9-11/h5-9,12,14H,10,17H2,1-4H3,(H,18,19)/t12-/m1/s1. The molecule has 3 heteroatoms. The average molecular weight is 260 g/mol. The van der Waals surface area contributed by atoms with Crippen LogP contribution in [0, 0.1) is 10.8 Å². The third kappa shape index (κ3) is 2.52. The highest BCUT2D eigenvalue weighted by molar-refractivity contribution is 5.82. The quantitative estimate of drug-likeness (QED) is 0.871. The van der Waals surface area contributed by atoms with E-state index in [-0.39, 0.29) is 22.8 Å². The van der Waals surface area contributed by atoms with Gasteiger partial charge in [-0.1, -0.05) is 58.0 Å². The Morgan fingerprint density at radius 1 is 1.21 bits per heavy atom. The number of benzene rings is 1. The van der Waals surface area contributed by atoms with E-state index in [0.29, 0.717) is 6.42 Å². The normalized spacial score (nSPS) is 21.7. The molecule has 1 amide bonds. The molecule has 0 unspecified atom stereocenters. The van der Waals surface area contributed by atoms with Crippen molar-refractivity contribution in [3.05, 3.63) is 35.9 Å². The number of amides is 1. The van der Waals surface area contributed by atoms with Crippen LogP contribution in [0.15, 0.2) is 30.3 Å². The lowest BCUT2D eigenvalue weighted by molar-refractivity contribution is -0.122. The summed E-state index contributed by atoms with van der Waals surface area (Å²) >= 11 is 0. The Balaban J connectivity index is 1.91. The van der Waals surface area contributed by atoms with Gasteiger partial charge in [0.05, 0.1) is 6.04 Å². The number of rotatable bonds is 4. The highest BCUT2D eigenvalue weighted by atomic mass is 16.2. The molecule has 1 aliphatic rings. The van der Waals surface area contributed by atoms with Gasteiger partial charge in [0.15, 0.2) is 0 Å². The van der Waals surface area contributed by atoms with Crippen LogP contribution in [-0.2, 0) is 11.2 Å². The molecule has 1 fully saturated rings. The molecule has 19 heavy (non-hydrogen) atoms. The molecule has 1 atom stereocenters. The largest absolute Gasteiger partial charge is 0.351 e. The van der Waals surface area contributed by atoms with Gasteiger partial charge in [-0.2, -0.15) is 0 Å². The summed E-state index contributed by atoms with van der Waals surface area (Å²) in [6.45, 7) is 8.72. The topological polar surface area (TPSA) is 55.1 Å². The lowest BCUT2D eigenvalue weighted by atomic mass is 10.0. The number of carbonyl (C=O) groups excluding carboxylic acids is 1. The Hall–Kier alpha value is -1.35. The fraction of sp³-hybridized carbons (Fsp3) is 0.562. The van der Waals surface area contributed by atoms with E-state index in [1.807, 2.05) is 30.3 Å². The van der Waals surface area contributed by atoms with Crippen molar-refractivity contribution in [2.45, 2.75) is 46.2 Å². The van der Waals surface area contributed by atoms with Gasteiger partial charge in [-0.05, 0) is 22.8 Å². The zero-order chi connectivity index (χ0) is 14.3. The highest BCUT2D eigenvalue weighted by Gasteiger charge is 2.65. The van der Waals surface area contributed by atoms with Crippen LogP contribution in [0.1, 0.15) is 33.3 Å². The minimum atomic E-state index is -0.477. The zero-order valence-corrected chi connectivity index (χ0v) is 12.2. The first kappa shape index (κ1) is 14.1. The number of nitrogens with two attached hydrogens (primary N) is 1. The number of hydrogen-bond donors (Lipinski definition) is 2. The summed E-state index contributed by atoms with van der Waals surface area (Å²) in [6, 6.07) is 9.63. The second kappa shape index (κ2) is 4.64. The Labute approximate surface area is 115 Å². The molecule has 104 valence electrons. The van der Waals surface area contributed by atoms with Gasteiger partial charge >= 0.3 is 0 Å². The number of nitrogens with one attached hydrogen (secondary N) is 1. The maximum atomic E-state index is 12.1. The summed E-state index contributed by atoms with van der Waals surface area (Å²) in [5.74, 6) is -0.0486. The molecule has 1 aromatic carbocycles. The molecule has 0 heterocycles. The van der Waals surface area contributed by atoms with E-state index in [4.69, 9.17) is 5.73 Å². The van der Waals surface area contributed by atoms with Gasteiger partial charge in [0, 0.05) is 6.04 Å². The minimum Gasteiger partial charge on any atom is -0.351 e. The molecule has 0 spiro atoms. The van der Waals surface area contributed by atoms with Gasteiger partial charge in [-0.15, -0.1) is 0 Å². The summed E-state index contributed by atoms with van der Waals surface area (Å²) in [5, 5.41) is 3.09. The second-order valence-corrected chi connectivity index (χ2v) is 6.68. The van der Waals surface area contributed by atoms with Crippen molar-refractivity contribution in [3.8, 4) is 0 Å². The minimum absolute atomic E-state index is 0.0486. The van der Waals surface area contributed by atoms with Crippen molar-refractivity contribution in [3.63, 3.8) is 0 Å². The van der Waals surface area contributed by atoms with Crippen LogP contribution in [0.4, 0.5) is 0 Å². The van der Waals surface area contributed by atoms with Gasteiger partial charge in [0.25, 0.3) is 0 Å². The van der Waals surface area contributed by atoms with Crippen molar-refractivity contribution in [1.29, 1.82) is 0 Å². The Morgan fingerprint density at radius 3 is 2.21 bits per heavy atom. The molecular weight excluding hydrogens is 236 g/mol. The van der Waals surface area contributed by atoms with Crippen LogP contribution in [0.2, 0.25) is 0 Å². The molecule has 0 bridgehead atoms. The van der Waals surface area contributed by atoms with Crippen LogP contribution in [0.5, 0.6) is 0 Å². The van der Waals surface area contributed by atoms with Crippen LogP contribution in [0.3, 0.4) is 0 Å². The third-order valence-corrected chi connectivity index (χ3v) is 4.94. The van der Waals surface area contributed by atoms with Gasteiger partial charge < -0.3 is 11.1 Å². The average Bonchev–Trinajstić information content (AvgIpc) is 2.73. The van der Waals surface area contributed by atoms with Crippen LogP contribution in [0.25, 0.3) is 0 Å². The molecule has 3 N–H and O–H groups in total. The molecule has 1 aromatic rings. The van der Waals surface area contributed by atoms with Gasteiger partial charge in [0.1, 0.15) is 0 Å². The first-order valence-corrected chi connectivity index (χ1v) is 6.86. The van der Waals surface area contributed by atoms with Crippen molar-refractivity contribution < 1.29 is 4.79 Å². The molecule has 0 saturated heterocycles. The second-order valence-electron chi connectivity index (χ2n) is 6.68. The van der Waals surface area contributed by atoms with Crippen LogP contribution >= 0.6 is 0 Å². The first-order chi connectivity index (χ1) is 8.76. The van der Waals surface area contributed by atoms with Crippen molar-refractivity contribution in [2.24, 2.45) is 16.6 Å². The maximum Gasteiger partial charge on any atom is 0.237 e. The smallest absolute Gasteiger partial charge is 0.237 e. The molecule has 0 radical (unpaired) electrons. The molecule has 2 rings (SSSR count). The first-order valence-electron chi connectivity index (χ1n) is 6.86. The predicted molar refractivity (Wildman–Crippen MR) is 77.6 cm³/mol. The number of carbonyl (C=O) groups is 1. The Kier molecular flexibility index (Phi) is 3.43. The monoisotopic (exact) mass is 260 g/mol. The fourth-order valence-corrected chi connectivity index (χ4v) is 2.77. The lowest BCUT2D eigenvalue weighted by Gasteiger charge is -2.13. The van der Waals surface area contributed by atoms with Gasteiger partial charge in [0.2, 0.25) is 5.91 Å². The van der Waals surface area contributed by atoms with Gasteiger partial charge in [-0.25, -0.2) is 0 Å². The van der Waals surface area contributed by atoms with Gasteiger partial charge in [-0.3, -0.25) is 4.79 Å². The van der Waals surface area contributed by atoms with Crippen molar-refractivity contribution in [1.82, 2.24) is 5.32 Å². The SMILES string of the molecule is CC1(C)C(NC(=O)[C@H](N)Cc2ccccc2)C1(C)C. The Bertz CT molecular complexity index is 451. The molecular formula is C16H24N2O. The fourth-order valence-electron chi connectivity index (χ4n) is 2.77. The van der Waals surface area contributed by atoms with Crippen molar-refractivity contribution >= 4 is 5.91 Å². The molecule has 1 saturated carbocycles. The van der Waals surface area contributed by atoms with E-state index in [9.17, 15) is 4.79 Å². The van der Waals surface area contributed by atoms with E-state index in [0.717, 1.165) is 5.56 Å². The molecule has 3 nitrogen and oxygen atoms in total. The molecule has 0 aliphatic heterocycles. The highest BCUT2D eigenvalue weighted by Crippen LogP contribution is 2.62. The molecule has 0 aromatic heterocycles. The predicted octanol–water partition coefficient (Wildman–Crippen LogP) is 2.11. The van der Waals surface area contributed by atoms with E-state index in [2.05, 4.69) is 33.0 Å². The van der Waals surface area contributed by atoms with E-state index in [1.165, 1.54) is 0 Å². The van der Waals surface area contributed by atoms with E-state index < -0.39 is 6.04 Å². The summed E-state index contributed by atoms with van der Waals surface area (Å²) < 4.78 is 0. The summed E-state index contributed by atoms with van der Waals surface area (Å²) in [7, 11) is 0. The summed E-state index contributed by atoms with van der Waals surface area (Å²) in [6.07, 6.45) is 0.584. The zero-order valence-electron chi connectivity index (χ0n) is 12.2. The maximum absolute atomic E-state index is 12.1. The number of hydrogen-bond acceptors (Lipinski definition) is 2. The van der Waals surface area contributed by atoms with Crippen LogP contribution in [-0.4, -0.2) is 18.0 Å². The molecule has 1 aliphatic carbocycles. The lowest BCUT2D eigenvalue weighted by Crippen LogP contribution is -2.44. The summed E-state index contributed by atoms with van der Waals surface area (Å²) in [4.78, 5) is 12.1. The van der Waals surface area contributed by atoms with Crippen molar-refractivity contribution in [2.75, 3.05) is 0 Å². The van der Waals surface area contributed by atoms with E-state index >= 15 is 0 Å². The van der Waals surface area contributed by atoms with E-state index in [1.54, 1.807) is 0 Å². The Morgan fingerprint density at radius 2 is 1.74 bits per heavy atom. The van der Waals surface area contributed by atoms with Crippen LogP contribution < -0.4 is 11.1 Å². The third-order valence-electron chi connectivity index (χ3n) is 4.94.